The average molecular weight is 205 g/mol. The molecule has 0 bridgehead atoms. The molecule has 1 aliphatic carbocycles. The van der Waals surface area contributed by atoms with Crippen LogP contribution in [-0.4, -0.2) is 11.8 Å². The molecule has 2 unspecified atom stereocenters. The lowest BCUT2D eigenvalue weighted by atomic mass is 9.88. The van der Waals surface area contributed by atoms with E-state index in [2.05, 4.69) is 5.32 Å². The number of carbonyl (C=O) groups excluding carboxylic acids is 1. The number of halogens is 1. The molecule has 1 aliphatic heterocycles. The molecule has 2 nitrogen and oxygen atoms in total. The predicted octanol–water partition coefficient (Wildman–Crippen LogP) is 2.60. The van der Waals surface area contributed by atoms with E-state index in [1.54, 1.807) is 6.07 Å². The Hall–Kier alpha value is -1.38. The Bertz CT molecular complexity index is 430. The predicted molar refractivity (Wildman–Crippen MR) is 55.5 cm³/mol. The van der Waals surface area contributed by atoms with Crippen LogP contribution in [0.3, 0.4) is 0 Å². The van der Waals surface area contributed by atoms with E-state index >= 15 is 0 Å². The van der Waals surface area contributed by atoms with Gasteiger partial charge in [-0.15, -0.1) is 0 Å². The van der Waals surface area contributed by atoms with Gasteiger partial charge in [0.25, 0.3) is 0 Å². The Morgan fingerprint density at radius 1 is 1.33 bits per heavy atom. The van der Waals surface area contributed by atoms with E-state index in [9.17, 15) is 9.18 Å². The van der Waals surface area contributed by atoms with Crippen LogP contribution in [-0.2, 0) is 0 Å². The lowest BCUT2D eigenvalue weighted by Crippen LogP contribution is -2.35. The summed E-state index contributed by atoms with van der Waals surface area (Å²) in [6.07, 6.45) is 3.07. The summed E-state index contributed by atoms with van der Waals surface area (Å²) in [5, 5.41) is 3.33. The van der Waals surface area contributed by atoms with Crippen molar-refractivity contribution in [2.75, 3.05) is 5.32 Å². The minimum Gasteiger partial charge on any atom is -0.381 e. The second-order valence-electron chi connectivity index (χ2n) is 4.34. The minimum absolute atomic E-state index is 0.0688. The molecule has 0 amide bonds. The summed E-state index contributed by atoms with van der Waals surface area (Å²) in [6.45, 7) is 0. The summed E-state index contributed by atoms with van der Waals surface area (Å²) in [4.78, 5) is 12.0. The number of ketones is 1. The van der Waals surface area contributed by atoms with Gasteiger partial charge in [-0.25, -0.2) is 4.39 Å². The number of fused-ring (bicyclic) bond motifs is 2. The maximum absolute atomic E-state index is 13.0. The third-order valence-corrected chi connectivity index (χ3v) is 3.44. The van der Waals surface area contributed by atoms with Gasteiger partial charge in [0, 0.05) is 23.2 Å². The van der Waals surface area contributed by atoms with Gasteiger partial charge in [0.05, 0.1) is 0 Å². The molecule has 15 heavy (non-hydrogen) atoms. The Balaban J connectivity index is 2.09. The summed E-state index contributed by atoms with van der Waals surface area (Å²) in [6, 6.07) is 4.68. The summed E-state index contributed by atoms with van der Waals surface area (Å²) >= 11 is 0. The number of benzene rings is 1. The van der Waals surface area contributed by atoms with E-state index < -0.39 is 0 Å². The normalized spacial score (nSPS) is 28.2. The van der Waals surface area contributed by atoms with Crippen molar-refractivity contribution in [1.29, 1.82) is 0 Å². The van der Waals surface area contributed by atoms with Crippen LogP contribution in [0.5, 0.6) is 0 Å². The molecule has 1 aromatic carbocycles. The number of hydrogen-bond donors (Lipinski definition) is 1. The van der Waals surface area contributed by atoms with Gasteiger partial charge in [0.1, 0.15) is 5.82 Å². The van der Waals surface area contributed by atoms with Crippen LogP contribution in [0.1, 0.15) is 29.6 Å². The van der Waals surface area contributed by atoms with Crippen molar-refractivity contribution in [2.45, 2.75) is 25.3 Å². The van der Waals surface area contributed by atoms with Crippen molar-refractivity contribution in [1.82, 2.24) is 0 Å². The van der Waals surface area contributed by atoms with Gasteiger partial charge < -0.3 is 5.32 Å². The molecule has 1 N–H and O–H groups in total. The molecule has 0 spiro atoms. The highest BCUT2D eigenvalue weighted by molar-refractivity contribution is 6.05. The zero-order chi connectivity index (χ0) is 10.4. The monoisotopic (exact) mass is 205 g/mol. The van der Waals surface area contributed by atoms with Gasteiger partial charge in [0.2, 0.25) is 0 Å². The summed E-state index contributed by atoms with van der Waals surface area (Å²) in [5.41, 5.74) is 1.32. The molecular formula is C12H12FNO. The first-order chi connectivity index (χ1) is 7.25. The standard InChI is InChI=1S/C12H12FNO/c13-7-4-5-11-9(6-7)12(15)8-2-1-3-10(8)14-11/h4-6,8,10,14H,1-3H2. The van der Waals surface area contributed by atoms with Crippen LogP contribution in [0.15, 0.2) is 18.2 Å². The van der Waals surface area contributed by atoms with Gasteiger partial charge in [-0.05, 0) is 31.0 Å². The number of carbonyl (C=O) groups is 1. The van der Waals surface area contributed by atoms with E-state index in [4.69, 9.17) is 0 Å². The molecule has 1 saturated carbocycles. The van der Waals surface area contributed by atoms with Crippen LogP contribution in [0, 0.1) is 11.7 Å². The van der Waals surface area contributed by atoms with Crippen molar-refractivity contribution in [3.63, 3.8) is 0 Å². The molecule has 3 heteroatoms. The zero-order valence-corrected chi connectivity index (χ0v) is 8.29. The third kappa shape index (κ3) is 1.26. The maximum Gasteiger partial charge on any atom is 0.170 e. The lowest BCUT2D eigenvalue weighted by Gasteiger charge is -2.28. The van der Waals surface area contributed by atoms with Gasteiger partial charge in [0.15, 0.2) is 5.78 Å². The number of nitrogens with one attached hydrogen (secondary N) is 1. The van der Waals surface area contributed by atoms with E-state index in [-0.39, 0.29) is 23.6 Å². The number of hydrogen-bond acceptors (Lipinski definition) is 2. The molecular weight excluding hydrogens is 193 g/mol. The Kier molecular flexibility index (Phi) is 1.81. The van der Waals surface area contributed by atoms with Crippen molar-refractivity contribution < 1.29 is 9.18 Å². The maximum atomic E-state index is 13.0. The van der Waals surface area contributed by atoms with Crippen LogP contribution in [0.25, 0.3) is 0 Å². The van der Waals surface area contributed by atoms with Gasteiger partial charge in [-0.2, -0.15) is 0 Å². The Labute approximate surface area is 87.5 Å². The fraction of sp³-hybridized carbons (Fsp3) is 0.417. The van der Waals surface area contributed by atoms with Crippen LogP contribution < -0.4 is 5.32 Å². The van der Waals surface area contributed by atoms with Crippen molar-refractivity contribution in [3.8, 4) is 0 Å². The molecule has 1 aromatic rings. The topological polar surface area (TPSA) is 29.1 Å². The number of Topliss-reactive ketones (excluding diaryl/α,β-unsaturated/α-hetero) is 1. The highest BCUT2D eigenvalue weighted by Crippen LogP contribution is 2.37. The second kappa shape index (κ2) is 3.05. The molecule has 2 aliphatic rings. The number of anilines is 1. The highest BCUT2D eigenvalue weighted by atomic mass is 19.1. The van der Waals surface area contributed by atoms with E-state index in [0.717, 1.165) is 24.9 Å². The van der Waals surface area contributed by atoms with Crippen molar-refractivity contribution in [2.24, 2.45) is 5.92 Å². The molecule has 0 radical (unpaired) electrons. The first kappa shape index (κ1) is 8.89. The van der Waals surface area contributed by atoms with Crippen LogP contribution in [0.4, 0.5) is 10.1 Å². The van der Waals surface area contributed by atoms with Gasteiger partial charge in [-0.1, -0.05) is 6.42 Å². The molecule has 1 fully saturated rings. The van der Waals surface area contributed by atoms with Crippen molar-refractivity contribution in [3.05, 3.63) is 29.6 Å². The van der Waals surface area contributed by atoms with Crippen LogP contribution in [0.2, 0.25) is 0 Å². The Morgan fingerprint density at radius 3 is 3.07 bits per heavy atom. The third-order valence-electron chi connectivity index (χ3n) is 3.44. The van der Waals surface area contributed by atoms with Crippen molar-refractivity contribution >= 4 is 11.5 Å². The van der Waals surface area contributed by atoms with E-state index in [1.165, 1.54) is 12.1 Å². The average Bonchev–Trinajstić information content (AvgIpc) is 2.68. The summed E-state index contributed by atoms with van der Waals surface area (Å²) in [5.74, 6) is -0.148. The molecule has 78 valence electrons. The largest absolute Gasteiger partial charge is 0.381 e. The lowest BCUT2D eigenvalue weighted by molar-refractivity contribution is 0.0911. The summed E-state index contributed by atoms with van der Waals surface area (Å²) < 4.78 is 13.0. The second-order valence-corrected chi connectivity index (χ2v) is 4.34. The van der Waals surface area contributed by atoms with E-state index in [1.807, 2.05) is 0 Å². The highest BCUT2D eigenvalue weighted by Gasteiger charge is 2.38. The SMILES string of the molecule is O=C1c2cc(F)ccc2NC2CCCC12. The minimum atomic E-state index is -0.333. The quantitative estimate of drug-likeness (QED) is 0.705. The molecule has 0 aromatic heterocycles. The first-order valence-electron chi connectivity index (χ1n) is 5.36. The molecule has 3 rings (SSSR count). The van der Waals surface area contributed by atoms with Gasteiger partial charge >= 0.3 is 0 Å². The Morgan fingerprint density at radius 2 is 2.20 bits per heavy atom. The molecule has 0 saturated heterocycles. The fourth-order valence-electron chi connectivity index (χ4n) is 2.69. The smallest absolute Gasteiger partial charge is 0.170 e. The fourth-order valence-corrected chi connectivity index (χ4v) is 2.69. The van der Waals surface area contributed by atoms with E-state index in [0.29, 0.717) is 5.56 Å². The molecule has 1 heterocycles. The molecule has 2 atom stereocenters. The van der Waals surface area contributed by atoms with Crippen LogP contribution >= 0.6 is 0 Å². The first-order valence-corrected chi connectivity index (χ1v) is 5.36. The number of rotatable bonds is 0. The summed E-state index contributed by atoms with van der Waals surface area (Å²) in [7, 11) is 0. The zero-order valence-electron chi connectivity index (χ0n) is 8.29. The van der Waals surface area contributed by atoms with Gasteiger partial charge in [-0.3, -0.25) is 4.79 Å².